The van der Waals surface area contributed by atoms with Crippen LogP contribution in [0, 0.1) is 0 Å². The van der Waals surface area contributed by atoms with Crippen molar-refractivity contribution in [3.8, 4) is 0 Å². The van der Waals surface area contributed by atoms with Crippen molar-refractivity contribution in [2.45, 2.75) is 25.3 Å². The second kappa shape index (κ2) is 6.88. The van der Waals surface area contributed by atoms with Gasteiger partial charge in [-0.2, -0.15) is 4.98 Å². The van der Waals surface area contributed by atoms with Crippen LogP contribution in [0.4, 0.5) is 17.5 Å². The van der Waals surface area contributed by atoms with Crippen molar-refractivity contribution in [1.82, 2.24) is 9.97 Å². The molecule has 134 valence electrons. The normalized spacial score (nSPS) is 17.9. The average Bonchev–Trinajstić information content (AvgIpc) is 2.74. The van der Waals surface area contributed by atoms with Crippen molar-refractivity contribution in [3.63, 3.8) is 0 Å². The summed E-state index contributed by atoms with van der Waals surface area (Å²) in [6, 6.07) is 19.4. The van der Waals surface area contributed by atoms with Crippen LogP contribution in [0.15, 0.2) is 66.9 Å². The van der Waals surface area contributed by atoms with Gasteiger partial charge in [-0.15, -0.1) is 0 Å². The number of para-hydroxylation sites is 1. The highest BCUT2D eigenvalue weighted by molar-refractivity contribution is 5.69. The van der Waals surface area contributed by atoms with E-state index in [1.807, 2.05) is 36.5 Å². The maximum Gasteiger partial charge on any atom is 0.229 e. The van der Waals surface area contributed by atoms with Gasteiger partial charge in [0, 0.05) is 30.0 Å². The molecule has 1 N–H and O–H groups in total. The molecular formula is C23H22N4. The topological polar surface area (TPSA) is 41.1 Å². The molecule has 4 heteroatoms. The van der Waals surface area contributed by atoms with E-state index in [-0.39, 0.29) is 0 Å². The van der Waals surface area contributed by atoms with Crippen molar-refractivity contribution in [1.29, 1.82) is 0 Å². The fourth-order valence-corrected chi connectivity index (χ4v) is 4.09. The summed E-state index contributed by atoms with van der Waals surface area (Å²) in [6.07, 6.45) is 9.65. The van der Waals surface area contributed by atoms with E-state index >= 15 is 0 Å². The Bertz CT molecular complexity index is 981. The summed E-state index contributed by atoms with van der Waals surface area (Å²) >= 11 is 0. The minimum absolute atomic E-state index is 0.475. The number of hydrogen-bond acceptors (Lipinski definition) is 4. The first-order valence-corrected chi connectivity index (χ1v) is 9.56. The van der Waals surface area contributed by atoms with Crippen molar-refractivity contribution >= 4 is 23.5 Å². The molecule has 0 amide bonds. The molecule has 5 rings (SSSR count). The lowest BCUT2D eigenvalue weighted by Crippen LogP contribution is -2.41. The van der Waals surface area contributed by atoms with E-state index in [0.717, 1.165) is 42.9 Å². The zero-order valence-electron chi connectivity index (χ0n) is 15.2. The standard InChI is InChI=1S/C23H22N4/c1-2-10-20(11-3-1)25-23-24-16-19-9-6-14-27(22(19)26-23)21-13-12-17-7-4-5-8-18(17)15-21/h1-11,16,21H,12-15H2,(H,24,25,26). The molecule has 1 atom stereocenters. The largest absolute Gasteiger partial charge is 0.349 e. The number of nitrogens with zero attached hydrogens (tertiary/aromatic N) is 3. The zero-order chi connectivity index (χ0) is 18.1. The SMILES string of the molecule is C1=Cc2cnc(Nc3ccccc3)nc2N(C2CCc3ccccc3C2)C1. The monoisotopic (exact) mass is 354 g/mol. The summed E-state index contributed by atoms with van der Waals surface area (Å²) in [5, 5.41) is 3.32. The molecular weight excluding hydrogens is 332 g/mol. The molecule has 1 aliphatic carbocycles. The van der Waals surface area contributed by atoms with Gasteiger partial charge in [-0.25, -0.2) is 4.98 Å². The van der Waals surface area contributed by atoms with Crippen LogP contribution < -0.4 is 10.2 Å². The predicted molar refractivity (Wildman–Crippen MR) is 110 cm³/mol. The molecule has 0 fully saturated rings. The van der Waals surface area contributed by atoms with Crippen LogP contribution in [0.3, 0.4) is 0 Å². The molecule has 0 bridgehead atoms. The number of hydrogen-bond donors (Lipinski definition) is 1. The van der Waals surface area contributed by atoms with Crippen LogP contribution in [0.1, 0.15) is 23.1 Å². The first-order valence-electron chi connectivity index (χ1n) is 9.56. The van der Waals surface area contributed by atoms with E-state index in [1.54, 1.807) is 0 Å². The van der Waals surface area contributed by atoms with E-state index < -0.39 is 0 Å². The van der Waals surface area contributed by atoms with Crippen LogP contribution in [-0.4, -0.2) is 22.6 Å². The molecule has 27 heavy (non-hydrogen) atoms. The lowest BCUT2D eigenvalue weighted by Gasteiger charge is -2.37. The third kappa shape index (κ3) is 3.19. The second-order valence-electron chi connectivity index (χ2n) is 7.18. The van der Waals surface area contributed by atoms with Crippen molar-refractivity contribution in [2.24, 2.45) is 0 Å². The Labute approximate surface area is 159 Å². The molecule has 1 aromatic heterocycles. The van der Waals surface area contributed by atoms with E-state index in [4.69, 9.17) is 4.98 Å². The molecule has 2 aliphatic rings. The molecule has 2 heterocycles. The molecule has 3 aromatic rings. The Hall–Kier alpha value is -3.14. The first-order chi connectivity index (χ1) is 13.4. The van der Waals surface area contributed by atoms with Crippen molar-refractivity contribution in [2.75, 3.05) is 16.8 Å². The van der Waals surface area contributed by atoms with Crippen LogP contribution in [-0.2, 0) is 12.8 Å². The van der Waals surface area contributed by atoms with Gasteiger partial charge in [-0.1, -0.05) is 54.6 Å². The van der Waals surface area contributed by atoms with Gasteiger partial charge in [0.05, 0.1) is 0 Å². The summed E-state index contributed by atoms with van der Waals surface area (Å²) in [5.74, 6) is 1.69. The fourth-order valence-electron chi connectivity index (χ4n) is 4.09. The Morgan fingerprint density at radius 1 is 0.963 bits per heavy atom. The highest BCUT2D eigenvalue weighted by Crippen LogP contribution is 2.32. The number of fused-ring (bicyclic) bond motifs is 2. The highest BCUT2D eigenvalue weighted by Gasteiger charge is 2.27. The van der Waals surface area contributed by atoms with E-state index in [1.165, 1.54) is 11.1 Å². The third-order valence-electron chi connectivity index (χ3n) is 5.46. The van der Waals surface area contributed by atoms with Crippen LogP contribution in [0.25, 0.3) is 6.08 Å². The third-order valence-corrected chi connectivity index (χ3v) is 5.46. The maximum atomic E-state index is 4.87. The van der Waals surface area contributed by atoms with Crippen LogP contribution in [0.2, 0.25) is 0 Å². The van der Waals surface area contributed by atoms with Gasteiger partial charge in [0.1, 0.15) is 5.82 Å². The van der Waals surface area contributed by atoms with Gasteiger partial charge in [0.2, 0.25) is 5.95 Å². The smallest absolute Gasteiger partial charge is 0.229 e. The molecule has 0 saturated carbocycles. The predicted octanol–water partition coefficient (Wildman–Crippen LogP) is 4.61. The zero-order valence-corrected chi connectivity index (χ0v) is 15.2. The lowest BCUT2D eigenvalue weighted by molar-refractivity contribution is 0.530. The van der Waals surface area contributed by atoms with E-state index in [9.17, 15) is 0 Å². The molecule has 0 radical (unpaired) electrons. The average molecular weight is 354 g/mol. The van der Waals surface area contributed by atoms with E-state index in [2.05, 4.69) is 51.6 Å². The summed E-state index contributed by atoms with van der Waals surface area (Å²) in [7, 11) is 0. The van der Waals surface area contributed by atoms with Gasteiger partial charge >= 0.3 is 0 Å². The summed E-state index contributed by atoms with van der Waals surface area (Å²) in [4.78, 5) is 11.8. The number of aromatic nitrogens is 2. The second-order valence-corrected chi connectivity index (χ2v) is 7.18. The number of rotatable bonds is 3. The van der Waals surface area contributed by atoms with Gasteiger partial charge in [0.15, 0.2) is 0 Å². The van der Waals surface area contributed by atoms with Gasteiger partial charge in [-0.05, 0) is 42.5 Å². The lowest BCUT2D eigenvalue weighted by atomic mass is 9.87. The summed E-state index contributed by atoms with van der Waals surface area (Å²) < 4.78 is 0. The van der Waals surface area contributed by atoms with Gasteiger partial charge in [-0.3, -0.25) is 0 Å². The maximum absolute atomic E-state index is 4.87. The van der Waals surface area contributed by atoms with Crippen LogP contribution >= 0.6 is 0 Å². The number of nitrogens with one attached hydrogen (secondary N) is 1. The Balaban J connectivity index is 1.44. The van der Waals surface area contributed by atoms with Gasteiger partial charge < -0.3 is 10.2 Å². The molecule has 1 unspecified atom stereocenters. The summed E-state index contributed by atoms with van der Waals surface area (Å²) in [5.41, 5.74) is 5.07. The Kier molecular flexibility index (Phi) is 4.09. The minimum Gasteiger partial charge on any atom is -0.349 e. The highest BCUT2D eigenvalue weighted by atomic mass is 15.3. The first kappa shape index (κ1) is 16.1. The quantitative estimate of drug-likeness (QED) is 0.746. The molecule has 0 spiro atoms. The number of aryl methyl sites for hydroxylation is 1. The van der Waals surface area contributed by atoms with E-state index in [0.29, 0.717) is 12.0 Å². The van der Waals surface area contributed by atoms with Crippen molar-refractivity contribution in [3.05, 3.63) is 83.6 Å². The Morgan fingerprint density at radius 3 is 2.67 bits per heavy atom. The van der Waals surface area contributed by atoms with Crippen LogP contribution in [0.5, 0.6) is 0 Å². The fraction of sp³-hybridized carbons (Fsp3) is 0.217. The molecule has 0 saturated heterocycles. The minimum atomic E-state index is 0.475. The summed E-state index contributed by atoms with van der Waals surface area (Å²) in [6.45, 7) is 0.904. The molecule has 4 nitrogen and oxygen atoms in total. The number of benzene rings is 2. The molecule has 2 aromatic carbocycles. The number of anilines is 3. The molecule has 1 aliphatic heterocycles. The Morgan fingerprint density at radius 2 is 1.78 bits per heavy atom. The van der Waals surface area contributed by atoms with Crippen molar-refractivity contribution < 1.29 is 0 Å². The van der Waals surface area contributed by atoms with Gasteiger partial charge in [0.25, 0.3) is 0 Å².